The number of ether oxygens (including phenoxy) is 1. The summed E-state index contributed by atoms with van der Waals surface area (Å²) < 4.78 is 7.99. The molecule has 1 aromatic heterocycles. The van der Waals surface area contributed by atoms with Gasteiger partial charge in [0, 0.05) is 26.8 Å². The van der Waals surface area contributed by atoms with Crippen molar-refractivity contribution in [1.29, 1.82) is 0 Å². The van der Waals surface area contributed by atoms with Gasteiger partial charge in [-0.25, -0.2) is 0 Å². The van der Waals surface area contributed by atoms with E-state index in [0.717, 1.165) is 16.8 Å². The maximum atomic E-state index is 11.6. The second-order valence-corrected chi connectivity index (χ2v) is 9.32. The van der Waals surface area contributed by atoms with Crippen molar-refractivity contribution in [1.82, 2.24) is 14.8 Å². The Morgan fingerprint density at radius 3 is 2.59 bits per heavy atom. The number of aryl methyl sites for hydroxylation is 2. The number of thioether (sulfide) groups is 1. The van der Waals surface area contributed by atoms with Gasteiger partial charge in [-0.05, 0) is 43.7 Å². The van der Waals surface area contributed by atoms with Gasteiger partial charge in [0.2, 0.25) is 6.54 Å². The Kier molecular flexibility index (Phi) is 7.49. The zero-order valence-corrected chi connectivity index (χ0v) is 20.3. The number of halogens is 1. The Morgan fingerprint density at radius 2 is 1.82 bits per heavy atom. The predicted octanol–water partition coefficient (Wildman–Crippen LogP) is 6.23. The van der Waals surface area contributed by atoms with E-state index in [-0.39, 0.29) is 18.1 Å². The van der Waals surface area contributed by atoms with Crippen LogP contribution in [0.3, 0.4) is 0 Å². The number of nitrogens with zero attached hydrogens (tertiary/aromatic N) is 4. The summed E-state index contributed by atoms with van der Waals surface area (Å²) >= 11 is 7.57. The van der Waals surface area contributed by atoms with Gasteiger partial charge in [0.15, 0.2) is 5.16 Å². The standard InChI is InChI=1S/C25H23ClN4O3S/c1-17-8-7-10-20(14-17)30-18(2)27-28-25(30)34-24(15-29(31)32)21-11-4-6-13-23(21)33-16-19-9-3-5-12-22(19)26/h3-14,24H,15-16H2,1-2H3/t24-/m0/s1. The summed E-state index contributed by atoms with van der Waals surface area (Å²) in [7, 11) is 0. The van der Waals surface area contributed by atoms with Crippen LogP contribution in [0.15, 0.2) is 78.0 Å². The minimum atomic E-state index is -0.537. The van der Waals surface area contributed by atoms with Gasteiger partial charge in [-0.2, -0.15) is 0 Å². The highest BCUT2D eigenvalue weighted by Gasteiger charge is 2.26. The van der Waals surface area contributed by atoms with E-state index in [9.17, 15) is 10.1 Å². The van der Waals surface area contributed by atoms with Crippen molar-refractivity contribution in [3.63, 3.8) is 0 Å². The Hall–Kier alpha value is -3.36. The molecule has 0 saturated carbocycles. The normalized spacial score (nSPS) is 11.9. The zero-order valence-electron chi connectivity index (χ0n) is 18.7. The van der Waals surface area contributed by atoms with Crippen molar-refractivity contribution in [3.05, 3.63) is 110 Å². The molecule has 1 atom stereocenters. The van der Waals surface area contributed by atoms with Crippen molar-refractivity contribution < 1.29 is 9.66 Å². The number of hydrogen-bond acceptors (Lipinski definition) is 6. The van der Waals surface area contributed by atoms with E-state index < -0.39 is 5.25 Å². The van der Waals surface area contributed by atoms with Crippen LogP contribution in [0, 0.1) is 24.0 Å². The molecule has 4 rings (SSSR count). The molecular formula is C25H23ClN4O3S. The Labute approximate surface area is 206 Å². The van der Waals surface area contributed by atoms with Crippen LogP contribution in [-0.4, -0.2) is 26.2 Å². The first kappa shape index (κ1) is 23.8. The van der Waals surface area contributed by atoms with Crippen molar-refractivity contribution in [3.8, 4) is 11.4 Å². The summed E-state index contributed by atoms with van der Waals surface area (Å²) in [5.74, 6) is 1.27. The summed E-state index contributed by atoms with van der Waals surface area (Å²) in [6.45, 7) is 3.84. The fraction of sp³-hybridized carbons (Fsp3) is 0.200. The Balaban J connectivity index is 1.66. The second kappa shape index (κ2) is 10.7. The first-order valence-electron chi connectivity index (χ1n) is 10.6. The van der Waals surface area contributed by atoms with Gasteiger partial charge in [-0.3, -0.25) is 14.7 Å². The molecule has 0 spiro atoms. The number of benzene rings is 3. The molecule has 4 aromatic rings. The Bertz CT molecular complexity index is 1310. The minimum absolute atomic E-state index is 0.255. The monoisotopic (exact) mass is 494 g/mol. The third-order valence-corrected chi connectivity index (χ3v) is 6.76. The van der Waals surface area contributed by atoms with E-state index in [0.29, 0.717) is 27.3 Å². The van der Waals surface area contributed by atoms with Crippen molar-refractivity contribution in [2.45, 2.75) is 30.9 Å². The second-order valence-electron chi connectivity index (χ2n) is 7.74. The molecule has 7 nitrogen and oxygen atoms in total. The van der Waals surface area contributed by atoms with Crippen LogP contribution in [0.4, 0.5) is 0 Å². The molecule has 0 aliphatic heterocycles. The molecule has 1 heterocycles. The molecule has 0 unspecified atom stereocenters. The van der Waals surface area contributed by atoms with E-state index in [4.69, 9.17) is 16.3 Å². The summed E-state index contributed by atoms with van der Waals surface area (Å²) in [6, 6.07) is 22.8. The van der Waals surface area contributed by atoms with Gasteiger partial charge < -0.3 is 4.74 Å². The number of para-hydroxylation sites is 1. The first-order chi connectivity index (χ1) is 16.4. The van der Waals surface area contributed by atoms with Crippen molar-refractivity contribution in [2.24, 2.45) is 0 Å². The van der Waals surface area contributed by atoms with Gasteiger partial charge in [0.25, 0.3) is 0 Å². The lowest BCUT2D eigenvalue weighted by molar-refractivity contribution is -0.479. The largest absolute Gasteiger partial charge is 0.489 e. The molecule has 0 bridgehead atoms. The maximum Gasteiger partial charge on any atom is 0.220 e. The van der Waals surface area contributed by atoms with E-state index in [1.165, 1.54) is 11.8 Å². The molecule has 0 aliphatic rings. The lowest BCUT2D eigenvalue weighted by Gasteiger charge is -2.18. The van der Waals surface area contributed by atoms with Gasteiger partial charge in [-0.1, -0.05) is 71.9 Å². The number of nitro groups is 1. The predicted molar refractivity (Wildman–Crippen MR) is 134 cm³/mol. The van der Waals surface area contributed by atoms with Crippen LogP contribution in [0.25, 0.3) is 5.69 Å². The zero-order chi connectivity index (χ0) is 24.1. The highest BCUT2D eigenvalue weighted by atomic mass is 35.5. The van der Waals surface area contributed by atoms with Crippen LogP contribution in [0.5, 0.6) is 5.75 Å². The van der Waals surface area contributed by atoms with Gasteiger partial charge in [0.1, 0.15) is 23.4 Å². The van der Waals surface area contributed by atoms with Crippen LogP contribution in [-0.2, 0) is 6.61 Å². The first-order valence-corrected chi connectivity index (χ1v) is 11.9. The SMILES string of the molecule is Cc1cccc(-n2c(C)nnc2S[C@@H](C[N+](=O)[O-])c2ccccc2OCc2ccccc2Cl)c1. The highest BCUT2D eigenvalue weighted by molar-refractivity contribution is 7.99. The van der Waals surface area contributed by atoms with Crippen molar-refractivity contribution >= 4 is 23.4 Å². The summed E-state index contributed by atoms with van der Waals surface area (Å²) in [5.41, 5.74) is 3.56. The molecule has 0 amide bonds. The fourth-order valence-electron chi connectivity index (χ4n) is 3.59. The lowest BCUT2D eigenvalue weighted by atomic mass is 10.1. The quantitative estimate of drug-likeness (QED) is 0.156. The van der Waals surface area contributed by atoms with E-state index in [1.807, 2.05) is 85.1 Å². The molecule has 0 radical (unpaired) electrons. The number of rotatable bonds is 9. The molecule has 3 aromatic carbocycles. The van der Waals surface area contributed by atoms with Gasteiger partial charge >= 0.3 is 0 Å². The van der Waals surface area contributed by atoms with Crippen LogP contribution in [0.2, 0.25) is 5.02 Å². The molecule has 0 saturated heterocycles. The molecule has 174 valence electrons. The fourth-order valence-corrected chi connectivity index (χ4v) is 4.99. The molecule has 9 heteroatoms. The van der Waals surface area contributed by atoms with Crippen LogP contribution in [0.1, 0.15) is 27.8 Å². The van der Waals surface area contributed by atoms with E-state index in [1.54, 1.807) is 6.07 Å². The number of aromatic nitrogens is 3. The minimum Gasteiger partial charge on any atom is -0.489 e. The average molecular weight is 495 g/mol. The summed E-state index contributed by atoms with van der Waals surface area (Å²) in [4.78, 5) is 11.3. The third-order valence-electron chi connectivity index (χ3n) is 5.22. The lowest BCUT2D eigenvalue weighted by Crippen LogP contribution is -2.12. The maximum absolute atomic E-state index is 11.6. The topological polar surface area (TPSA) is 83.1 Å². The molecule has 0 N–H and O–H groups in total. The van der Waals surface area contributed by atoms with Gasteiger partial charge in [-0.15, -0.1) is 10.2 Å². The average Bonchev–Trinajstić information content (AvgIpc) is 3.18. The van der Waals surface area contributed by atoms with Crippen LogP contribution < -0.4 is 4.74 Å². The van der Waals surface area contributed by atoms with E-state index in [2.05, 4.69) is 10.2 Å². The Morgan fingerprint density at radius 1 is 1.06 bits per heavy atom. The molecule has 0 aliphatic carbocycles. The van der Waals surface area contributed by atoms with Gasteiger partial charge in [0.05, 0.1) is 0 Å². The smallest absolute Gasteiger partial charge is 0.220 e. The molecule has 34 heavy (non-hydrogen) atoms. The third kappa shape index (κ3) is 5.58. The van der Waals surface area contributed by atoms with E-state index >= 15 is 0 Å². The molecule has 0 fully saturated rings. The molecular weight excluding hydrogens is 472 g/mol. The van der Waals surface area contributed by atoms with Crippen LogP contribution >= 0.6 is 23.4 Å². The highest BCUT2D eigenvalue weighted by Crippen LogP contribution is 2.40. The number of hydrogen-bond donors (Lipinski definition) is 0. The summed E-state index contributed by atoms with van der Waals surface area (Å²) in [6.07, 6.45) is 0. The van der Waals surface area contributed by atoms with Crippen molar-refractivity contribution in [2.75, 3.05) is 6.54 Å². The summed E-state index contributed by atoms with van der Waals surface area (Å²) in [5, 5.41) is 20.8.